The molecule has 0 radical (unpaired) electrons. The van der Waals surface area contributed by atoms with E-state index in [2.05, 4.69) is 18.7 Å². The molecule has 0 amide bonds. The molecule has 1 aromatic rings. The van der Waals surface area contributed by atoms with Crippen LogP contribution in [0.4, 0.5) is 0 Å². The lowest BCUT2D eigenvalue weighted by Crippen LogP contribution is -2.22. The van der Waals surface area contributed by atoms with Gasteiger partial charge in [-0.25, -0.2) is 0 Å². The normalized spacial score (nSPS) is 10.7. The summed E-state index contributed by atoms with van der Waals surface area (Å²) >= 11 is 0. The van der Waals surface area contributed by atoms with E-state index in [0.29, 0.717) is 0 Å². The lowest BCUT2D eigenvalue weighted by Gasteiger charge is -2.17. The average molecular weight is 205 g/mol. The molecule has 0 atom stereocenters. The highest BCUT2D eigenvalue weighted by Gasteiger charge is 2.02. The molecule has 0 heterocycles. The zero-order chi connectivity index (χ0) is 11.3. The van der Waals surface area contributed by atoms with Crippen molar-refractivity contribution in [3.63, 3.8) is 0 Å². The number of hydrogen-bond donors (Lipinski definition) is 0. The summed E-state index contributed by atoms with van der Waals surface area (Å²) in [5, 5.41) is 0. The van der Waals surface area contributed by atoms with Crippen LogP contribution in [0.2, 0.25) is 0 Å². The molecule has 82 valence electrons. The van der Waals surface area contributed by atoms with Crippen LogP contribution >= 0.6 is 0 Å². The van der Waals surface area contributed by atoms with Crippen LogP contribution in [0.1, 0.15) is 36.7 Å². The number of nitrogens with zero attached hydrogens (tertiary/aromatic N) is 1. The number of carbonyl (C=O) groups is 1. The van der Waals surface area contributed by atoms with Gasteiger partial charge in [0.15, 0.2) is 5.78 Å². The minimum atomic E-state index is 0.129. The van der Waals surface area contributed by atoms with E-state index in [4.69, 9.17) is 0 Å². The van der Waals surface area contributed by atoms with E-state index >= 15 is 0 Å². The SMILES string of the molecule is CCN(CC)Cc1ccc(C(C)=O)cc1. The van der Waals surface area contributed by atoms with Crippen LogP contribution in [0.15, 0.2) is 24.3 Å². The first-order valence-corrected chi connectivity index (χ1v) is 5.49. The molecule has 0 aromatic heterocycles. The van der Waals surface area contributed by atoms with Gasteiger partial charge in [0, 0.05) is 12.1 Å². The predicted molar refractivity (Wildman–Crippen MR) is 63.1 cm³/mol. The van der Waals surface area contributed by atoms with Crippen molar-refractivity contribution in [2.75, 3.05) is 13.1 Å². The van der Waals surface area contributed by atoms with E-state index in [-0.39, 0.29) is 5.78 Å². The van der Waals surface area contributed by atoms with Gasteiger partial charge in [0.05, 0.1) is 0 Å². The Balaban J connectivity index is 2.67. The van der Waals surface area contributed by atoms with Gasteiger partial charge in [-0.1, -0.05) is 38.1 Å². The Bertz CT molecular complexity index is 312. The van der Waals surface area contributed by atoms with E-state index in [1.807, 2.05) is 24.3 Å². The van der Waals surface area contributed by atoms with Crippen LogP contribution in [-0.2, 0) is 6.54 Å². The maximum atomic E-state index is 11.1. The van der Waals surface area contributed by atoms with E-state index in [0.717, 1.165) is 25.2 Å². The standard InChI is InChI=1S/C13H19NO/c1-4-14(5-2)10-12-6-8-13(9-7-12)11(3)15/h6-9H,4-5,10H2,1-3H3. The Hall–Kier alpha value is -1.15. The zero-order valence-corrected chi connectivity index (χ0v) is 9.79. The molecule has 0 unspecified atom stereocenters. The third-order valence-corrected chi connectivity index (χ3v) is 2.66. The van der Waals surface area contributed by atoms with Crippen molar-refractivity contribution < 1.29 is 4.79 Å². The molecule has 1 aromatic carbocycles. The number of benzene rings is 1. The van der Waals surface area contributed by atoms with Crippen molar-refractivity contribution >= 4 is 5.78 Å². The largest absolute Gasteiger partial charge is 0.300 e. The summed E-state index contributed by atoms with van der Waals surface area (Å²) in [4.78, 5) is 13.4. The van der Waals surface area contributed by atoms with Crippen LogP contribution < -0.4 is 0 Å². The molecule has 2 heteroatoms. The lowest BCUT2D eigenvalue weighted by atomic mass is 10.1. The first-order valence-electron chi connectivity index (χ1n) is 5.49. The number of ketones is 1. The number of Topliss-reactive ketones (excluding diaryl/α,β-unsaturated/α-hetero) is 1. The van der Waals surface area contributed by atoms with Gasteiger partial charge in [0.25, 0.3) is 0 Å². The summed E-state index contributed by atoms with van der Waals surface area (Å²) in [6, 6.07) is 7.88. The van der Waals surface area contributed by atoms with Gasteiger partial charge in [-0.2, -0.15) is 0 Å². The van der Waals surface area contributed by atoms with Crippen LogP contribution in [-0.4, -0.2) is 23.8 Å². The van der Waals surface area contributed by atoms with Crippen LogP contribution in [0.25, 0.3) is 0 Å². The fraction of sp³-hybridized carbons (Fsp3) is 0.462. The van der Waals surface area contributed by atoms with Crippen molar-refractivity contribution in [2.24, 2.45) is 0 Å². The fourth-order valence-electron chi connectivity index (χ4n) is 1.55. The summed E-state index contributed by atoms with van der Waals surface area (Å²) in [5.41, 5.74) is 2.06. The molecule has 0 saturated carbocycles. The summed E-state index contributed by atoms with van der Waals surface area (Å²) in [5.74, 6) is 0.129. The molecule has 0 bridgehead atoms. The van der Waals surface area contributed by atoms with E-state index in [1.165, 1.54) is 5.56 Å². The smallest absolute Gasteiger partial charge is 0.159 e. The topological polar surface area (TPSA) is 20.3 Å². The van der Waals surface area contributed by atoms with Crippen molar-refractivity contribution in [1.82, 2.24) is 4.90 Å². The van der Waals surface area contributed by atoms with Gasteiger partial charge in [0.1, 0.15) is 0 Å². The van der Waals surface area contributed by atoms with Crippen LogP contribution in [0, 0.1) is 0 Å². The van der Waals surface area contributed by atoms with Crippen molar-refractivity contribution in [2.45, 2.75) is 27.3 Å². The highest BCUT2D eigenvalue weighted by Crippen LogP contribution is 2.07. The van der Waals surface area contributed by atoms with Gasteiger partial charge >= 0.3 is 0 Å². The molecular formula is C13H19NO. The summed E-state index contributed by atoms with van der Waals surface area (Å²) < 4.78 is 0. The molecule has 0 aliphatic rings. The fourth-order valence-corrected chi connectivity index (χ4v) is 1.55. The molecule has 0 saturated heterocycles. The highest BCUT2D eigenvalue weighted by atomic mass is 16.1. The minimum Gasteiger partial charge on any atom is -0.300 e. The van der Waals surface area contributed by atoms with Gasteiger partial charge in [0.2, 0.25) is 0 Å². The van der Waals surface area contributed by atoms with E-state index < -0.39 is 0 Å². The highest BCUT2D eigenvalue weighted by molar-refractivity contribution is 5.93. The second-order valence-electron chi connectivity index (χ2n) is 3.71. The minimum absolute atomic E-state index is 0.129. The zero-order valence-electron chi connectivity index (χ0n) is 9.79. The molecule has 1 rings (SSSR count). The van der Waals surface area contributed by atoms with Crippen LogP contribution in [0.3, 0.4) is 0 Å². The van der Waals surface area contributed by atoms with Gasteiger partial charge < -0.3 is 0 Å². The Morgan fingerprint density at radius 1 is 1.13 bits per heavy atom. The first kappa shape index (κ1) is 11.9. The van der Waals surface area contributed by atoms with Gasteiger partial charge in [-0.3, -0.25) is 9.69 Å². The van der Waals surface area contributed by atoms with Crippen molar-refractivity contribution in [3.05, 3.63) is 35.4 Å². The first-order chi connectivity index (χ1) is 7.17. The van der Waals surface area contributed by atoms with Crippen molar-refractivity contribution in [3.8, 4) is 0 Å². The molecular weight excluding hydrogens is 186 g/mol. The molecule has 0 aliphatic heterocycles. The lowest BCUT2D eigenvalue weighted by molar-refractivity contribution is 0.101. The number of rotatable bonds is 5. The molecule has 0 aliphatic carbocycles. The maximum Gasteiger partial charge on any atom is 0.159 e. The maximum absolute atomic E-state index is 11.1. The predicted octanol–water partition coefficient (Wildman–Crippen LogP) is 2.73. The molecule has 2 nitrogen and oxygen atoms in total. The number of hydrogen-bond acceptors (Lipinski definition) is 2. The van der Waals surface area contributed by atoms with E-state index in [1.54, 1.807) is 6.92 Å². The van der Waals surface area contributed by atoms with Gasteiger partial charge in [-0.05, 0) is 25.6 Å². The Morgan fingerprint density at radius 3 is 2.07 bits per heavy atom. The Labute approximate surface area is 91.9 Å². The average Bonchev–Trinajstić information content (AvgIpc) is 2.26. The monoisotopic (exact) mass is 205 g/mol. The van der Waals surface area contributed by atoms with Gasteiger partial charge in [-0.15, -0.1) is 0 Å². The quantitative estimate of drug-likeness (QED) is 0.689. The molecule has 0 N–H and O–H groups in total. The molecule has 15 heavy (non-hydrogen) atoms. The number of carbonyl (C=O) groups excluding carboxylic acids is 1. The third-order valence-electron chi connectivity index (χ3n) is 2.66. The van der Waals surface area contributed by atoms with E-state index in [9.17, 15) is 4.79 Å². The Morgan fingerprint density at radius 2 is 1.67 bits per heavy atom. The van der Waals surface area contributed by atoms with Crippen molar-refractivity contribution in [1.29, 1.82) is 0 Å². The molecule has 0 fully saturated rings. The van der Waals surface area contributed by atoms with Crippen LogP contribution in [0.5, 0.6) is 0 Å². The second-order valence-corrected chi connectivity index (χ2v) is 3.71. The summed E-state index contributed by atoms with van der Waals surface area (Å²) in [6.45, 7) is 9.00. The summed E-state index contributed by atoms with van der Waals surface area (Å²) in [6.07, 6.45) is 0. The summed E-state index contributed by atoms with van der Waals surface area (Å²) in [7, 11) is 0. The molecule has 0 spiro atoms. The Kier molecular flexibility index (Phi) is 4.50. The second kappa shape index (κ2) is 5.66. The third kappa shape index (κ3) is 3.48.